The summed E-state index contributed by atoms with van der Waals surface area (Å²) in [5.74, 6) is 0. The number of benzene rings is 3. The smallest absolute Gasteiger partial charge is 0.0991 e. The van der Waals surface area contributed by atoms with Crippen molar-refractivity contribution in [1.82, 2.24) is 0 Å². The van der Waals surface area contributed by atoms with Crippen molar-refractivity contribution in [3.05, 3.63) is 94.5 Å². The molecule has 0 fully saturated rings. The van der Waals surface area contributed by atoms with Crippen molar-refractivity contribution in [2.45, 2.75) is 57.8 Å². The number of unbranched alkanes of at least 4 members (excludes halogenated alkanes) is 2. The molecular formula is C29H30N2. The Morgan fingerprint density at radius 3 is 2.03 bits per heavy atom. The molecule has 0 unspecified atom stereocenters. The highest BCUT2D eigenvalue weighted by Gasteiger charge is 2.42. The molecule has 0 saturated heterocycles. The molecule has 4 rings (SSSR count). The predicted molar refractivity (Wildman–Crippen MR) is 129 cm³/mol. The molecule has 0 heterocycles. The monoisotopic (exact) mass is 406 g/mol. The molecule has 0 aliphatic heterocycles. The molecule has 0 aromatic heterocycles. The number of rotatable bonds is 8. The third-order valence-corrected chi connectivity index (χ3v) is 6.75. The van der Waals surface area contributed by atoms with Crippen molar-refractivity contribution in [1.29, 1.82) is 10.7 Å². The van der Waals surface area contributed by atoms with E-state index in [2.05, 4.69) is 50.2 Å². The SMILES string of the molecule is CCCCC1(CCCC)c2cc(C#N)ccc2-c2ccc(C(=N)c3ccccc3)cc21. The highest BCUT2D eigenvalue weighted by molar-refractivity contribution is 6.11. The lowest BCUT2D eigenvalue weighted by atomic mass is 9.70. The maximum Gasteiger partial charge on any atom is 0.0991 e. The van der Waals surface area contributed by atoms with E-state index in [0.29, 0.717) is 5.71 Å². The fourth-order valence-corrected chi connectivity index (χ4v) is 5.11. The van der Waals surface area contributed by atoms with Crippen LogP contribution < -0.4 is 0 Å². The minimum atomic E-state index is -0.0729. The molecular weight excluding hydrogens is 376 g/mol. The number of fused-ring (bicyclic) bond motifs is 3. The quantitative estimate of drug-likeness (QED) is 0.384. The lowest BCUT2D eigenvalue weighted by Gasteiger charge is -2.33. The summed E-state index contributed by atoms with van der Waals surface area (Å²) >= 11 is 0. The van der Waals surface area contributed by atoms with Crippen LogP contribution in [0.25, 0.3) is 11.1 Å². The molecule has 0 radical (unpaired) electrons. The van der Waals surface area contributed by atoms with Crippen LogP contribution in [0.2, 0.25) is 0 Å². The van der Waals surface area contributed by atoms with E-state index in [-0.39, 0.29) is 5.41 Å². The standard InChI is InChI=1S/C29H30N2/c1-3-5-16-29(17-6-4-2)26-18-21(20-30)12-14-24(26)25-15-13-23(19-27(25)29)28(31)22-10-8-7-9-11-22/h7-15,18-19,31H,3-6,16-17H2,1-2H3. The van der Waals surface area contributed by atoms with Crippen molar-refractivity contribution in [2.75, 3.05) is 0 Å². The average Bonchev–Trinajstić information content (AvgIpc) is 3.10. The molecule has 0 amide bonds. The topological polar surface area (TPSA) is 47.6 Å². The zero-order chi connectivity index (χ0) is 21.8. The normalized spacial score (nSPS) is 13.3. The van der Waals surface area contributed by atoms with Gasteiger partial charge < -0.3 is 0 Å². The van der Waals surface area contributed by atoms with E-state index in [1.807, 2.05) is 36.4 Å². The molecule has 1 aliphatic carbocycles. The summed E-state index contributed by atoms with van der Waals surface area (Å²) in [6.45, 7) is 4.50. The fourth-order valence-electron chi connectivity index (χ4n) is 5.11. The third kappa shape index (κ3) is 3.70. The molecule has 0 atom stereocenters. The van der Waals surface area contributed by atoms with E-state index in [1.54, 1.807) is 0 Å². The molecule has 0 bridgehead atoms. The average molecular weight is 407 g/mol. The van der Waals surface area contributed by atoms with Gasteiger partial charge in [-0.3, -0.25) is 5.41 Å². The molecule has 3 aromatic rings. The van der Waals surface area contributed by atoms with Gasteiger partial charge in [-0.05, 0) is 58.9 Å². The van der Waals surface area contributed by atoms with Gasteiger partial charge in [0.25, 0.3) is 0 Å². The van der Waals surface area contributed by atoms with Crippen LogP contribution in [0.4, 0.5) is 0 Å². The Morgan fingerprint density at radius 1 is 0.806 bits per heavy atom. The molecule has 2 heteroatoms. The van der Waals surface area contributed by atoms with Gasteiger partial charge in [0.15, 0.2) is 0 Å². The van der Waals surface area contributed by atoms with Crippen LogP contribution in [-0.2, 0) is 5.41 Å². The van der Waals surface area contributed by atoms with Crippen molar-refractivity contribution in [3.63, 3.8) is 0 Å². The summed E-state index contributed by atoms with van der Waals surface area (Å²) in [5, 5.41) is 18.4. The number of nitrogens with one attached hydrogen (secondary N) is 1. The van der Waals surface area contributed by atoms with Gasteiger partial charge in [0, 0.05) is 11.0 Å². The second kappa shape index (κ2) is 8.90. The van der Waals surface area contributed by atoms with Crippen molar-refractivity contribution in [3.8, 4) is 17.2 Å². The Balaban J connectivity index is 1.90. The van der Waals surface area contributed by atoms with Crippen LogP contribution in [0.1, 0.15) is 80.2 Å². The van der Waals surface area contributed by atoms with E-state index < -0.39 is 0 Å². The Hall–Kier alpha value is -3.18. The molecule has 2 nitrogen and oxygen atoms in total. The molecule has 3 aromatic carbocycles. The summed E-state index contributed by atoms with van der Waals surface area (Å²) in [7, 11) is 0. The van der Waals surface area contributed by atoms with Gasteiger partial charge in [0.1, 0.15) is 0 Å². The molecule has 1 aliphatic rings. The minimum Gasteiger partial charge on any atom is -0.300 e. The lowest BCUT2D eigenvalue weighted by molar-refractivity contribution is 0.414. The number of hydrogen-bond donors (Lipinski definition) is 1. The summed E-state index contributed by atoms with van der Waals surface area (Å²) in [6, 6.07) is 25.1. The largest absolute Gasteiger partial charge is 0.300 e. The molecule has 0 spiro atoms. The summed E-state index contributed by atoms with van der Waals surface area (Å²) in [4.78, 5) is 0. The highest BCUT2D eigenvalue weighted by Crippen LogP contribution is 2.54. The maximum absolute atomic E-state index is 9.57. The van der Waals surface area contributed by atoms with Crippen LogP contribution in [0.5, 0.6) is 0 Å². The van der Waals surface area contributed by atoms with Crippen LogP contribution in [0.3, 0.4) is 0 Å². The first kappa shape index (κ1) is 21.1. The first-order valence-electron chi connectivity index (χ1n) is 11.5. The van der Waals surface area contributed by atoms with Crippen molar-refractivity contribution < 1.29 is 0 Å². The van der Waals surface area contributed by atoms with Crippen molar-refractivity contribution >= 4 is 5.71 Å². The zero-order valence-electron chi connectivity index (χ0n) is 18.5. The predicted octanol–water partition coefficient (Wildman–Crippen LogP) is 7.62. The Kier molecular flexibility index (Phi) is 6.05. The second-order valence-electron chi connectivity index (χ2n) is 8.66. The van der Waals surface area contributed by atoms with E-state index >= 15 is 0 Å². The van der Waals surface area contributed by atoms with Crippen molar-refractivity contribution in [2.24, 2.45) is 0 Å². The van der Waals surface area contributed by atoms with Gasteiger partial charge in [0.2, 0.25) is 0 Å². The number of nitriles is 1. The summed E-state index contributed by atoms with van der Waals surface area (Å²) in [5.41, 5.74) is 8.34. The molecule has 0 saturated carbocycles. The third-order valence-electron chi connectivity index (χ3n) is 6.75. The van der Waals surface area contributed by atoms with E-state index in [0.717, 1.165) is 55.2 Å². The minimum absolute atomic E-state index is 0.0729. The molecule has 31 heavy (non-hydrogen) atoms. The van der Waals surface area contributed by atoms with E-state index in [4.69, 9.17) is 5.41 Å². The molecule has 1 N–H and O–H groups in total. The Bertz CT molecular complexity index is 1130. The lowest BCUT2D eigenvalue weighted by Crippen LogP contribution is -2.26. The van der Waals surface area contributed by atoms with E-state index in [1.165, 1.54) is 22.3 Å². The second-order valence-corrected chi connectivity index (χ2v) is 8.66. The summed E-state index contributed by atoms with van der Waals surface area (Å²) in [6.07, 6.45) is 6.77. The highest BCUT2D eigenvalue weighted by atomic mass is 14.5. The van der Waals surface area contributed by atoms with Gasteiger partial charge in [-0.2, -0.15) is 5.26 Å². The summed E-state index contributed by atoms with van der Waals surface area (Å²) < 4.78 is 0. The van der Waals surface area contributed by atoms with Crippen LogP contribution in [-0.4, -0.2) is 5.71 Å². The Morgan fingerprint density at radius 2 is 1.42 bits per heavy atom. The first-order valence-corrected chi connectivity index (χ1v) is 11.5. The van der Waals surface area contributed by atoms with Crippen LogP contribution in [0.15, 0.2) is 66.7 Å². The van der Waals surface area contributed by atoms with Gasteiger partial charge in [-0.1, -0.05) is 88.1 Å². The fraction of sp³-hybridized carbons (Fsp3) is 0.310. The van der Waals surface area contributed by atoms with Gasteiger partial charge >= 0.3 is 0 Å². The van der Waals surface area contributed by atoms with E-state index in [9.17, 15) is 5.26 Å². The zero-order valence-corrected chi connectivity index (χ0v) is 18.5. The van der Waals surface area contributed by atoms with Crippen LogP contribution in [0, 0.1) is 16.7 Å². The Labute approximate surface area is 186 Å². The van der Waals surface area contributed by atoms with Gasteiger partial charge in [0.05, 0.1) is 17.3 Å². The van der Waals surface area contributed by atoms with Gasteiger partial charge in [-0.15, -0.1) is 0 Å². The maximum atomic E-state index is 9.57. The number of nitrogens with zero attached hydrogens (tertiary/aromatic N) is 1. The van der Waals surface area contributed by atoms with Gasteiger partial charge in [-0.25, -0.2) is 0 Å². The number of hydrogen-bond acceptors (Lipinski definition) is 2. The first-order chi connectivity index (χ1) is 15.1. The molecule has 156 valence electrons. The van der Waals surface area contributed by atoms with Crippen LogP contribution >= 0.6 is 0 Å².